The van der Waals surface area contributed by atoms with Crippen molar-refractivity contribution < 1.29 is 0 Å². The Hall–Kier alpha value is 0.110. The molecule has 1 aliphatic heterocycles. The third kappa shape index (κ3) is 3.56. The molecule has 2 rings (SSSR count). The van der Waals surface area contributed by atoms with Crippen molar-refractivity contribution in [3.8, 4) is 0 Å². The van der Waals surface area contributed by atoms with Crippen molar-refractivity contribution in [2.24, 2.45) is 0 Å². The average molecular weight is 276 g/mol. The van der Waals surface area contributed by atoms with Crippen molar-refractivity contribution >= 4 is 35.0 Å². The summed E-state index contributed by atoms with van der Waals surface area (Å²) in [6.45, 7) is 1.15. The predicted molar refractivity (Wildman–Crippen MR) is 72.8 cm³/mol. The molecule has 88 valence electrons. The van der Waals surface area contributed by atoms with Crippen molar-refractivity contribution in [1.82, 2.24) is 5.32 Å². The third-order valence-corrected chi connectivity index (χ3v) is 4.64. The third-order valence-electron chi connectivity index (χ3n) is 2.75. The van der Waals surface area contributed by atoms with Crippen LogP contribution in [0.15, 0.2) is 23.1 Å². The monoisotopic (exact) mass is 275 g/mol. The number of benzene rings is 1. The first kappa shape index (κ1) is 12.6. The summed E-state index contributed by atoms with van der Waals surface area (Å²) < 4.78 is 0. The summed E-state index contributed by atoms with van der Waals surface area (Å²) in [5.41, 5.74) is 0. The molecule has 0 bridgehead atoms. The molecule has 1 saturated heterocycles. The summed E-state index contributed by atoms with van der Waals surface area (Å²) in [4.78, 5) is 1.08. The summed E-state index contributed by atoms with van der Waals surface area (Å²) in [5, 5.41) is 5.08. The molecule has 0 aliphatic carbocycles. The van der Waals surface area contributed by atoms with Gasteiger partial charge in [-0.05, 0) is 37.6 Å². The molecule has 1 aromatic carbocycles. The van der Waals surface area contributed by atoms with Gasteiger partial charge in [0.25, 0.3) is 0 Å². The number of hydrogen-bond acceptors (Lipinski definition) is 2. The molecular formula is C12H15Cl2NS. The van der Waals surface area contributed by atoms with Gasteiger partial charge in [0.2, 0.25) is 0 Å². The zero-order valence-electron chi connectivity index (χ0n) is 9.01. The van der Waals surface area contributed by atoms with E-state index in [1.807, 2.05) is 18.2 Å². The summed E-state index contributed by atoms with van der Waals surface area (Å²) >= 11 is 13.9. The van der Waals surface area contributed by atoms with Crippen LogP contribution in [0.1, 0.15) is 19.3 Å². The van der Waals surface area contributed by atoms with E-state index in [9.17, 15) is 0 Å². The molecule has 1 nitrogen and oxygen atoms in total. The average Bonchev–Trinajstić information content (AvgIpc) is 2.32. The van der Waals surface area contributed by atoms with E-state index in [0.29, 0.717) is 6.04 Å². The zero-order chi connectivity index (χ0) is 11.4. The molecule has 1 aromatic rings. The summed E-state index contributed by atoms with van der Waals surface area (Å²) in [6, 6.07) is 6.25. The summed E-state index contributed by atoms with van der Waals surface area (Å²) in [5.74, 6) is 1.07. The Balaban J connectivity index is 1.90. The Morgan fingerprint density at radius 3 is 2.94 bits per heavy atom. The molecule has 1 fully saturated rings. The van der Waals surface area contributed by atoms with Crippen LogP contribution in [0.5, 0.6) is 0 Å². The smallest absolute Gasteiger partial charge is 0.0542 e. The van der Waals surface area contributed by atoms with Gasteiger partial charge in [0, 0.05) is 21.7 Å². The van der Waals surface area contributed by atoms with Gasteiger partial charge in [-0.25, -0.2) is 0 Å². The molecule has 0 radical (unpaired) electrons. The normalized spacial score (nSPS) is 21.0. The van der Waals surface area contributed by atoms with Crippen molar-refractivity contribution in [2.45, 2.75) is 30.2 Å². The van der Waals surface area contributed by atoms with Gasteiger partial charge in [-0.1, -0.05) is 29.6 Å². The minimum Gasteiger partial charge on any atom is -0.313 e. The Labute approximate surface area is 111 Å². The fourth-order valence-corrected chi connectivity index (χ4v) is 3.44. The van der Waals surface area contributed by atoms with Crippen LogP contribution in [-0.2, 0) is 0 Å². The van der Waals surface area contributed by atoms with Crippen molar-refractivity contribution in [1.29, 1.82) is 0 Å². The van der Waals surface area contributed by atoms with E-state index >= 15 is 0 Å². The first-order chi connectivity index (χ1) is 7.75. The molecular weight excluding hydrogens is 261 g/mol. The van der Waals surface area contributed by atoms with Gasteiger partial charge in [0.15, 0.2) is 0 Å². The Morgan fingerprint density at radius 1 is 1.31 bits per heavy atom. The number of nitrogens with one attached hydrogen (secondary N) is 1. The van der Waals surface area contributed by atoms with Crippen LogP contribution in [0.3, 0.4) is 0 Å². The standard InChI is InChI=1S/C12H15Cl2NS/c13-9-4-5-11(14)12(7-9)16-8-10-3-1-2-6-15-10/h4-5,7,10,15H,1-3,6,8H2. The fraction of sp³-hybridized carbons (Fsp3) is 0.500. The number of rotatable bonds is 3. The van der Waals surface area contributed by atoms with E-state index in [-0.39, 0.29) is 0 Å². The Bertz CT molecular complexity index is 351. The largest absolute Gasteiger partial charge is 0.313 e. The molecule has 16 heavy (non-hydrogen) atoms. The fourth-order valence-electron chi connectivity index (χ4n) is 1.84. The second-order valence-electron chi connectivity index (χ2n) is 4.03. The van der Waals surface area contributed by atoms with Crippen LogP contribution in [0.25, 0.3) is 0 Å². The molecule has 1 heterocycles. The van der Waals surface area contributed by atoms with Crippen LogP contribution >= 0.6 is 35.0 Å². The lowest BCUT2D eigenvalue weighted by atomic mass is 10.1. The quantitative estimate of drug-likeness (QED) is 0.829. The molecule has 1 aliphatic rings. The van der Waals surface area contributed by atoms with E-state index in [4.69, 9.17) is 23.2 Å². The van der Waals surface area contributed by atoms with Gasteiger partial charge in [-0.3, -0.25) is 0 Å². The molecule has 1 unspecified atom stereocenters. The molecule has 1 atom stereocenters. The van der Waals surface area contributed by atoms with E-state index in [0.717, 1.165) is 27.2 Å². The molecule has 4 heteroatoms. The van der Waals surface area contributed by atoms with Crippen LogP contribution in [0, 0.1) is 0 Å². The number of halogens is 2. The highest BCUT2D eigenvalue weighted by molar-refractivity contribution is 7.99. The number of hydrogen-bond donors (Lipinski definition) is 1. The first-order valence-electron chi connectivity index (χ1n) is 5.57. The maximum absolute atomic E-state index is 6.11. The van der Waals surface area contributed by atoms with E-state index in [1.54, 1.807) is 11.8 Å². The topological polar surface area (TPSA) is 12.0 Å². The minimum atomic E-state index is 0.619. The number of thioether (sulfide) groups is 1. The predicted octanol–water partition coefficient (Wildman–Crippen LogP) is 4.23. The van der Waals surface area contributed by atoms with Gasteiger partial charge in [-0.2, -0.15) is 0 Å². The van der Waals surface area contributed by atoms with Gasteiger partial charge in [0.1, 0.15) is 0 Å². The van der Waals surface area contributed by atoms with Gasteiger partial charge >= 0.3 is 0 Å². The summed E-state index contributed by atoms with van der Waals surface area (Å²) in [6.07, 6.45) is 3.91. The second kappa shape index (κ2) is 6.15. The van der Waals surface area contributed by atoms with Crippen molar-refractivity contribution in [3.05, 3.63) is 28.2 Å². The maximum atomic E-state index is 6.11. The summed E-state index contributed by atoms with van der Waals surface area (Å²) in [7, 11) is 0. The SMILES string of the molecule is Clc1ccc(Cl)c(SCC2CCCCN2)c1. The van der Waals surface area contributed by atoms with Crippen LogP contribution in [0.2, 0.25) is 10.0 Å². The van der Waals surface area contributed by atoms with E-state index in [2.05, 4.69) is 5.32 Å². The lowest BCUT2D eigenvalue weighted by Gasteiger charge is -2.23. The Morgan fingerprint density at radius 2 is 2.19 bits per heavy atom. The van der Waals surface area contributed by atoms with Crippen LogP contribution in [-0.4, -0.2) is 18.3 Å². The molecule has 0 amide bonds. The lowest BCUT2D eigenvalue weighted by molar-refractivity contribution is 0.430. The van der Waals surface area contributed by atoms with Crippen LogP contribution < -0.4 is 5.32 Å². The van der Waals surface area contributed by atoms with Crippen molar-refractivity contribution in [2.75, 3.05) is 12.3 Å². The molecule has 0 aromatic heterocycles. The minimum absolute atomic E-state index is 0.619. The molecule has 0 spiro atoms. The van der Waals surface area contributed by atoms with Gasteiger partial charge in [0.05, 0.1) is 5.02 Å². The highest BCUT2D eigenvalue weighted by atomic mass is 35.5. The second-order valence-corrected chi connectivity index (χ2v) is 5.94. The highest BCUT2D eigenvalue weighted by Crippen LogP contribution is 2.30. The zero-order valence-corrected chi connectivity index (χ0v) is 11.3. The van der Waals surface area contributed by atoms with E-state index in [1.165, 1.54) is 19.3 Å². The van der Waals surface area contributed by atoms with Gasteiger partial charge in [-0.15, -0.1) is 11.8 Å². The Kier molecular flexibility index (Phi) is 4.83. The lowest BCUT2D eigenvalue weighted by Crippen LogP contribution is -2.35. The van der Waals surface area contributed by atoms with Gasteiger partial charge < -0.3 is 5.32 Å². The molecule has 1 N–H and O–H groups in total. The highest BCUT2D eigenvalue weighted by Gasteiger charge is 2.13. The van der Waals surface area contributed by atoms with Crippen molar-refractivity contribution in [3.63, 3.8) is 0 Å². The first-order valence-corrected chi connectivity index (χ1v) is 7.31. The van der Waals surface area contributed by atoms with E-state index < -0.39 is 0 Å². The van der Waals surface area contributed by atoms with Crippen LogP contribution in [0.4, 0.5) is 0 Å². The molecule has 0 saturated carbocycles. The number of piperidine rings is 1. The maximum Gasteiger partial charge on any atom is 0.0542 e.